The van der Waals surface area contributed by atoms with Crippen LogP contribution in [0, 0.1) is 5.82 Å². The van der Waals surface area contributed by atoms with Gasteiger partial charge in [0.05, 0.1) is 11.1 Å². The molecule has 162 valence electrons. The Kier molecular flexibility index (Phi) is 6.35. The summed E-state index contributed by atoms with van der Waals surface area (Å²) >= 11 is 0. The summed E-state index contributed by atoms with van der Waals surface area (Å²) < 4.78 is 14.6. The van der Waals surface area contributed by atoms with E-state index in [2.05, 4.69) is 10.1 Å². The largest absolute Gasteiger partial charge is 0.311 e. The van der Waals surface area contributed by atoms with Crippen molar-refractivity contribution in [3.05, 3.63) is 100 Å². The maximum Gasteiger partial charge on any atom is 0.275 e. The van der Waals surface area contributed by atoms with Crippen LogP contribution in [0.2, 0.25) is 0 Å². The molecule has 4 aromatic rings. The van der Waals surface area contributed by atoms with Crippen molar-refractivity contribution >= 4 is 22.4 Å². The van der Waals surface area contributed by atoms with Gasteiger partial charge >= 0.3 is 0 Å². The Morgan fingerprint density at radius 1 is 1.03 bits per heavy atom. The molecule has 0 N–H and O–H groups in total. The zero-order chi connectivity index (χ0) is 22.5. The molecule has 0 aliphatic carbocycles. The van der Waals surface area contributed by atoms with E-state index in [1.165, 1.54) is 16.8 Å². The highest BCUT2D eigenvalue weighted by molar-refractivity contribution is 5.93. The summed E-state index contributed by atoms with van der Waals surface area (Å²) in [5, 5.41) is 5.83. The third-order valence-corrected chi connectivity index (χ3v) is 5.21. The molecule has 0 aliphatic heterocycles. The van der Waals surface area contributed by atoms with E-state index >= 15 is 0 Å². The minimum atomic E-state index is -0.370. The molecule has 0 radical (unpaired) electrons. The van der Waals surface area contributed by atoms with Gasteiger partial charge in [-0.3, -0.25) is 14.6 Å². The number of carbonyl (C=O) groups is 1. The van der Waals surface area contributed by atoms with E-state index in [9.17, 15) is 14.0 Å². The van der Waals surface area contributed by atoms with Crippen LogP contribution in [0.25, 0.3) is 10.8 Å². The molecule has 0 saturated heterocycles. The number of amides is 1. The van der Waals surface area contributed by atoms with Gasteiger partial charge in [-0.1, -0.05) is 31.2 Å². The zero-order valence-corrected chi connectivity index (χ0v) is 17.7. The molecule has 0 saturated carbocycles. The number of benzene rings is 2. The Morgan fingerprint density at radius 3 is 2.47 bits per heavy atom. The van der Waals surface area contributed by atoms with Crippen molar-refractivity contribution in [1.29, 1.82) is 0 Å². The molecule has 2 aromatic carbocycles. The second-order valence-corrected chi connectivity index (χ2v) is 7.51. The highest BCUT2D eigenvalue weighted by Crippen LogP contribution is 2.18. The number of anilines is 1. The Balaban J connectivity index is 1.71. The zero-order valence-electron chi connectivity index (χ0n) is 17.7. The first kappa shape index (κ1) is 21.4. The van der Waals surface area contributed by atoms with E-state index in [1.54, 1.807) is 41.6 Å². The Bertz CT molecular complexity index is 1290. The summed E-state index contributed by atoms with van der Waals surface area (Å²) in [5.74, 6) is -0.652. The van der Waals surface area contributed by atoms with Gasteiger partial charge in [-0.2, -0.15) is 5.10 Å². The second-order valence-electron chi connectivity index (χ2n) is 7.51. The minimum absolute atomic E-state index is 0.207. The molecule has 7 heteroatoms. The van der Waals surface area contributed by atoms with Gasteiger partial charge in [0.25, 0.3) is 5.56 Å². The average molecular weight is 430 g/mol. The number of rotatable bonds is 7. The molecule has 0 spiro atoms. The van der Waals surface area contributed by atoms with Crippen LogP contribution in [0.5, 0.6) is 0 Å². The lowest BCUT2D eigenvalue weighted by Gasteiger charge is -2.23. The third-order valence-electron chi connectivity index (χ3n) is 5.21. The first-order valence-electron chi connectivity index (χ1n) is 10.5. The Hall–Kier alpha value is -3.87. The summed E-state index contributed by atoms with van der Waals surface area (Å²) in [4.78, 5) is 32.0. The van der Waals surface area contributed by atoms with Gasteiger partial charge in [-0.25, -0.2) is 9.07 Å². The number of halogens is 1. The molecule has 4 rings (SSSR count). The summed E-state index contributed by atoms with van der Waals surface area (Å²) in [6.07, 6.45) is 4.66. The monoisotopic (exact) mass is 430 g/mol. The molecule has 2 aromatic heterocycles. The van der Waals surface area contributed by atoms with E-state index < -0.39 is 0 Å². The first-order chi connectivity index (χ1) is 15.6. The van der Waals surface area contributed by atoms with Gasteiger partial charge in [0, 0.05) is 36.4 Å². The predicted octanol–water partition coefficient (Wildman–Crippen LogP) is 3.96. The summed E-state index contributed by atoms with van der Waals surface area (Å²) in [6, 6.07) is 16.8. The molecule has 1 amide bonds. The van der Waals surface area contributed by atoms with Crippen LogP contribution in [-0.2, 0) is 17.8 Å². The Morgan fingerprint density at radius 2 is 1.78 bits per heavy atom. The van der Waals surface area contributed by atoms with Crippen LogP contribution in [0.1, 0.15) is 24.6 Å². The van der Waals surface area contributed by atoms with Crippen molar-refractivity contribution in [3.63, 3.8) is 0 Å². The lowest BCUT2D eigenvalue weighted by Crippen LogP contribution is -2.38. The van der Waals surface area contributed by atoms with Crippen LogP contribution < -0.4 is 10.5 Å². The standard InChI is InChI=1S/C25H23FN4O2/c1-2-14-29(20-11-9-19(26)10-12-20)24(31)17-30-25(32)22-8-4-3-7-21(22)23(28-30)15-18-6-5-13-27-16-18/h3-13,16H,2,14-15,17H2,1H3. The molecular weight excluding hydrogens is 407 g/mol. The molecule has 2 heterocycles. The minimum Gasteiger partial charge on any atom is -0.311 e. The normalized spacial score (nSPS) is 10.9. The smallest absolute Gasteiger partial charge is 0.275 e. The third kappa shape index (κ3) is 4.56. The molecule has 0 atom stereocenters. The van der Waals surface area contributed by atoms with E-state index in [-0.39, 0.29) is 23.8 Å². The molecular formula is C25H23FN4O2. The number of hydrogen-bond acceptors (Lipinski definition) is 4. The lowest BCUT2D eigenvalue weighted by molar-refractivity contribution is -0.119. The van der Waals surface area contributed by atoms with Crippen LogP contribution in [0.4, 0.5) is 10.1 Å². The topological polar surface area (TPSA) is 68.1 Å². The highest BCUT2D eigenvalue weighted by atomic mass is 19.1. The van der Waals surface area contributed by atoms with E-state index in [1.807, 2.05) is 31.2 Å². The van der Waals surface area contributed by atoms with Crippen molar-refractivity contribution in [3.8, 4) is 0 Å². The summed E-state index contributed by atoms with van der Waals surface area (Å²) in [6.45, 7) is 2.20. The summed E-state index contributed by atoms with van der Waals surface area (Å²) in [5.41, 5.74) is 1.92. The van der Waals surface area contributed by atoms with Gasteiger partial charge in [0.2, 0.25) is 5.91 Å². The van der Waals surface area contributed by atoms with E-state index in [0.717, 1.165) is 17.4 Å². The van der Waals surface area contributed by atoms with Crippen LogP contribution >= 0.6 is 0 Å². The fourth-order valence-corrected chi connectivity index (χ4v) is 3.69. The average Bonchev–Trinajstić information content (AvgIpc) is 2.82. The number of fused-ring (bicyclic) bond motifs is 1. The lowest BCUT2D eigenvalue weighted by atomic mass is 10.1. The first-order valence-corrected chi connectivity index (χ1v) is 10.5. The molecule has 32 heavy (non-hydrogen) atoms. The number of pyridine rings is 1. The second kappa shape index (κ2) is 9.51. The van der Waals surface area contributed by atoms with Gasteiger partial charge in [-0.05, 0) is 48.4 Å². The molecule has 0 bridgehead atoms. The summed E-state index contributed by atoms with van der Waals surface area (Å²) in [7, 11) is 0. The van der Waals surface area contributed by atoms with Crippen molar-refractivity contribution in [2.45, 2.75) is 26.3 Å². The SMILES string of the molecule is CCCN(C(=O)Cn1nc(Cc2cccnc2)c2ccccc2c1=O)c1ccc(F)cc1. The fourth-order valence-electron chi connectivity index (χ4n) is 3.69. The van der Waals surface area contributed by atoms with E-state index in [4.69, 9.17) is 0 Å². The number of nitrogens with zero attached hydrogens (tertiary/aromatic N) is 4. The molecule has 0 fully saturated rings. The number of hydrogen-bond donors (Lipinski definition) is 0. The van der Waals surface area contributed by atoms with Gasteiger partial charge in [-0.15, -0.1) is 0 Å². The fraction of sp³-hybridized carbons (Fsp3) is 0.200. The molecule has 6 nitrogen and oxygen atoms in total. The number of carbonyl (C=O) groups excluding carboxylic acids is 1. The van der Waals surface area contributed by atoms with Gasteiger partial charge < -0.3 is 4.90 Å². The van der Waals surface area contributed by atoms with Crippen molar-refractivity contribution in [2.24, 2.45) is 0 Å². The quantitative estimate of drug-likeness (QED) is 0.445. The maximum atomic E-state index is 13.3. The maximum absolute atomic E-state index is 13.3. The van der Waals surface area contributed by atoms with Crippen LogP contribution in [-0.4, -0.2) is 27.2 Å². The van der Waals surface area contributed by atoms with Crippen LogP contribution in [0.3, 0.4) is 0 Å². The van der Waals surface area contributed by atoms with Crippen LogP contribution in [0.15, 0.2) is 77.9 Å². The van der Waals surface area contributed by atoms with Gasteiger partial charge in [0.1, 0.15) is 12.4 Å². The van der Waals surface area contributed by atoms with Gasteiger partial charge in [0.15, 0.2) is 0 Å². The highest BCUT2D eigenvalue weighted by Gasteiger charge is 2.19. The van der Waals surface area contributed by atoms with Crippen molar-refractivity contribution < 1.29 is 9.18 Å². The van der Waals surface area contributed by atoms with E-state index in [0.29, 0.717) is 29.7 Å². The predicted molar refractivity (Wildman–Crippen MR) is 122 cm³/mol. The molecule has 0 unspecified atom stereocenters. The number of aromatic nitrogens is 3. The molecule has 0 aliphatic rings. The Labute approximate surface area is 185 Å². The van der Waals surface area contributed by atoms with Crippen molar-refractivity contribution in [2.75, 3.05) is 11.4 Å². The van der Waals surface area contributed by atoms with Crippen molar-refractivity contribution in [1.82, 2.24) is 14.8 Å².